The lowest BCUT2D eigenvalue weighted by Crippen LogP contribution is -2.32. The summed E-state index contributed by atoms with van der Waals surface area (Å²) in [5, 5.41) is 14.5. The van der Waals surface area contributed by atoms with E-state index in [9.17, 15) is 10.1 Å². The third-order valence-corrected chi connectivity index (χ3v) is 3.11. The average Bonchev–Trinajstić information content (AvgIpc) is 2.39. The third-order valence-electron chi connectivity index (χ3n) is 3.11. The molecule has 1 aromatic heterocycles. The molecule has 0 aliphatic heterocycles. The van der Waals surface area contributed by atoms with Gasteiger partial charge in [-0.3, -0.25) is 10.1 Å². The van der Waals surface area contributed by atoms with Crippen molar-refractivity contribution in [3.05, 3.63) is 22.1 Å². The summed E-state index contributed by atoms with van der Waals surface area (Å²) in [6, 6.07) is 0.0910. The minimum atomic E-state index is -0.477. The fraction of sp³-hybridized carbons (Fsp3) is 0.667. The Bertz CT molecular complexity index is 439. The zero-order chi connectivity index (χ0) is 14.4. The van der Waals surface area contributed by atoms with Crippen molar-refractivity contribution in [2.75, 3.05) is 13.7 Å². The highest BCUT2D eigenvalue weighted by Crippen LogP contribution is 2.34. The molecule has 1 N–H and O–H groups in total. The van der Waals surface area contributed by atoms with Gasteiger partial charge >= 0.3 is 5.69 Å². The minimum absolute atomic E-state index is 0.0112. The van der Waals surface area contributed by atoms with Crippen molar-refractivity contribution in [2.45, 2.75) is 39.2 Å². The van der Waals surface area contributed by atoms with Crippen molar-refractivity contribution in [3.8, 4) is 5.88 Å². The van der Waals surface area contributed by atoms with Gasteiger partial charge in [0.25, 0.3) is 5.88 Å². The molecule has 1 heterocycles. The van der Waals surface area contributed by atoms with Gasteiger partial charge in [-0.1, -0.05) is 13.8 Å². The third kappa shape index (κ3) is 3.37. The second-order valence-electron chi connectivity index (χ2n) is 4.23. The van der Waals surface area contributed by atoms with E-state index in [-0.39, 0.29) is 23.5 Å². The largest absolute Gasteiger partial charge is 0.476 e. The number of nitrogens with one attached hydrogen (secondary N) is 1. The summed E-state index contributed by atoms with van der Waals surface area (Å²) in [5.41, 5.74) is 0.286. The number of nitro groups is 1. The number of hydrogen-bond acceptors (Lipinski definition) is 6. The van der Waals surface area contributed by atoms with Crippen molar-refractivity contribution in [3.63, 3.8) is 0 Å². The highest BCUT2D eigenvalue weighted by molar-refractivity contribution is 5.46. The monoisotopic (exact) mass is 268 g/mol. The Morgan fingerprint density at radius 3 is 2.63 bits per heavy atom. The average molecular weight is 268 g/mol. The Hall–Kier alpha value is -1.76. The van der Waals surface area contributed by atoms with Crippen LogP contribution < -0.4 is 10.1 Å². The van der Waals surface area contributed by atoms with E-state index in [0.717, 1.165) is 13.0 Å². The Kier molecular flexibility index (Phi) is 5.62. The van der Waals surface area contributed by atoms with E-state index in [1.54, 1.807) is 0 Å². The maximum Gasteiger partial charge on any atom is 0.352 e. The van der Waals surface area contributed by atoms with Gasteiger partial charge in [0.05, 0.1) is 12.0 Å². The van der Waals surface area contributed by atoms with Crippen molar-refractivity contribution in [1.29, 1.82) is 0 Å². The number of nitrogens with zero attached hydrogens (tertiary/aromatic N) is 3. The van der Waals surface area contributed by atoms with Crippen molar-refractivity contribution in [2.24, 2.45) is 0 Å². The molecule has 0 fully saturated rings. The molecule has 0 radical (unpaired) electrons. The van der Waals surface area contributed by atoms with Crippen LogP contribution in [0.15, 0.2) is 6.33 Å². The van der Waals surface area contributed by atoms with Gasteiger partial charge in [-0.15, -0.1) is 0 Å². The molecule has 0 saturated carbocycles. The lowest BCUT2D eigenvalue weighted by molar-refractivity contribution is -0.387. The molecular formula is C12H20N4O3. The number of likely N-dealkylation sites (N-methyl/N-ethyl adjacent to an activating group) is 1. The maximum absolute atomic E-state index is 11.2. The Labute approximate surface area is 112 Å². The second kappa shape index (κ2) is 6.98. The predicted octanol–water partition coefficient (Wildman–Crippen LogP) is 1.88. The van der Waals surface area contributed by atoms with Gasteiger partial charge in [0.15, 0.2) is 0 Å². The van der Waals surface area contributed by atoms with Crippen LogP contribution in [-0.2, 0) is 0 Å². The van der Waals surface area contributed by atoms with Crippen LogP contribution in [0.4, 0.5) is 5.69 Å². The van der Waals surface area contributed by atoms with Crippen LogP contribution in [0.2, 0.25) is 0 Å². The molecule has 0 aromatic carbocycles. The molecule has 19 heavy (non-hydrogen) atoms. The van der Waals surface area contributed by atoms with Gasteiger partial charge in [0, 0.05) is 12.0 Å². The first-order valence-electron chi connectivity index (χ1n) is 6.33. The van der Waals surface area contributed by atoms with E-state index in [2.05, 4.69) is 15.3 Å². The van der Waals surface area contributed by atoms with Crippen LogP contribution in [-0.4, -0.2) is 34.6 Å². The smallest absolute Gasteiger partial charge is 0.352 e. The van der Waals surface area contributed by atoms with Crippen LogP contribution in [0.25, 0.3) is 0 Å². The molecular weight excluding hydrogens is 248 g/mol. The Morgan fingerprint density at radius 2 is 2.16 bits per heavy atom. The van der Waals surface area contributed by atoms with Crippen molar-refractivity contribution < 1.29 is 9.66 Å². The molecule has 0 aliphatic rings. The van der Waals surface area contributed by atoms with Crippen molar-refractivity contribution in [1.82, 2.24) is 15.3 Å². The summed E-state index contributed by atoms with van der Waals surface area (Å²) in [6.45, 7) is 6.78. The SMILES string of the molecule is CCNC(C)C(CC)c1ncnc(OC)c1[N+](=O)[O-]. The molecule has 0 bridgehead atoms. The molecule has 1 aromatic rings. The van der Waals surface area contributed by atoms with E-state index in [1.165, 1.54) is 13.4 Å². The highest BCUT2D eigenvalue weighted by atomic mass is 16.6. The van der Waals surface area contributed by atoms with Crippen LogP contribution in [0.3, 0.4) is 0 Å². The topological polar surface area (TPSA) is 90.2 Å². The zero-order valence-electron chi connectivity index (χ0n) is 11.7. The molecule has 0 aliphatic carbocycles. The summed E-state index contributed by atoms with van der Waals surface area (Å²) in [7, 11) is 1.37. The van der Waals surface area contributed by atoms with Gasteiger partial charge in [-0.2, -0.15) is 4.98 Å². The van der Waals surface area contributed by atoms with E-state index >= 15 is 0 Å². The van der Waals surface area contributed by atoms with E-state index in [0.29, 0.717) is 5.69 Å². The first kappa shape index (κ1) is 15.3. The van der Waals surface area contributed by atoms with E-state index in [4.69, 9.17) is 4.74 Å². The summed E-state index contributed by atoms with van der Waals surface area (Å²) in [5.74, 6) is -0.0469. The molecule has 0 spiro atoms. The number of hydrogen-bond donors (Lipinski definition) is 1. The lowest BCUT2D eigenvalue weighted by atomic mass is 9.93. The Balaban J connectivity index is 3.26. The molecule has 1 rings (SSSR count). The van der Waals surface area contributed by atoms with Crippen LogP contribution in [0.1, 0.15) is 38.8 Å². The second-order valence-corrected chi connectivity index (χ2v) is 4.23. The molecule has 106 valence electrons. The molecule has 7 heteroatoms. The van der Waals surface area contributed by atoms with Crippen LogP contribution >= 0.6 is 0 Å². The molecule has 0 saturated heterocycles. The Morgan fingerprint density at radius 1 is 1.47 bits per heavy atom. The summed E-state index contributed by atoms with van der Waals surface area (Å²) >= 11 is 0. The predicted molar refractivity (Wildman–Crippen MR) is 71.4 cm³/mol. The summed E-state index contributed by atoms with van der Waals surface area (Å²) in [6.07, 6.45) is 2.05. The molecule has 2 unspecified atom stereocenters. The number of ether oxygens (including phenoxy) is 1. The van der Waals surface area contributed by atoms with Gasteiger partial charge in [0.2, 0.25) is 0 Å². The van der Waals surface area contributed by atoms with Gasteiger partial charge in [-0.05, 0) is 19.9 Å². The van der Waals surface area contributed by atoms with Gasteiger partial charge < -0.3 is 10.1 Å². The van der Waals surface area contributed by atoms with Gasteiger partial charge in [0.1, 0.15) is 12.0 Å². The number of methoxy groups -OCH3 is 1. The summed E-state index contributed by atoms with van der Waals surface area (Å²) in [4.78, 5) is 18.7. The molecule has 7 nitrogen and oxygen atoms in total. The fourth-order valence-electron chi connectivity index (χ4n) is 2.22. The number of rotatable bonds is 7. The zero-order valence-corrected chi connectivity index (χ0v) is 11.7. The molecule has 0 amide bonds. The normalized spacial score (nSPS) is 13.9. The van der Waals surface area contributed by atoms with Crippen LogP contribution in [0.5, 0.6) is 5.88 Å². The lowest BCUT2D eigenvalue weighted by Gasteiger charge is -2.22. The first-order valence-corrected chi connectivity index (χ1v) is 6.33. The molecule has 2 atom stereocenters. The van der Waals surface area contributed by atoms with Crippen LogP contribution in [0, 0.1) is 10.1 Å². The minimum Gasteiger partial charge on any atom is -0.476 e. The number of aromatic nitrogens is 2. The fourth-order valence-corrected chi connectivity index (χ4v) is 2.22. The van der Waals surface area contributed by atoms with Gasteiger partial charge in [-0.25, -0.2) is 4.98 Å². The van der Waals surface area contributed by atoms with E-state index in [1.807, 2.05) is 20.8 Å². The maximum atomic E-state index is 11.2. The quantitative estimate of drug-likeness (QED) is 0.600. The standard InChI is InChI=1S/C12H20N4O3/c1-5-9(8(3)13-6-2)10-11(16(17)18)12(19-4)15-7-14-10/h7-9,13H,5-6H2,1-4H3. The highest BCUT2D eigenvalue weighted by Gasteiger charge is 2.31. The summed E-state index contributed by atoms with van der Waals surface area (Å²) < 4.78 is 4.97. The van der Waals surface area contributed by atoms with E-state index < -0.39 is 4.92 Å². The van der Waals surface area contributed by atoms with Crippen molar-refractivity contribution >= 4 is 5.69 Å². The first-order chi connectivity index (χ1) is 9.06.